The molecule has 0 atom stereocenters. The van der Waals surface area contributed by atoms with Gasteiger partial charge in [-0.1, -0.05) is 53.2 Å². The summed E-state index contributed by atoms with van der Waals surface area (Å²) >= 11 is 18.7. The molecule has 1 aliphatic heterocycles. The number of thioether (sulfide) groups is 1. The number of benzene rings is 2. The lowest BCUT2D eigenvalue weighted by molar-refractivity contribution is -0.115. The SMILES string of the molecule is COc1cccc(OCCOc2c(Cl)cc(/C=C3/SC(=S)NC3=O)cc2Cl)c1. The minimum absolute atomic E-state index is 0.239. The summed E-state index contributed by atoms with van der Waals surface area (Å²) < 4.78 is 16.9. The van der Waals surface area contributed by atoms with Crippen LogP contribution in [0.4, 0.5) is 0 Å². The maximum absolute atomic E-state index is 11.8. The quantitative estimate of drug-likeness (QED) is 0.362. The Kier molecular flexibility index (Phi) is 7.07. The Hall–Kier alpha value is -1.93. The van der Waals surface area contributed by atoms with E-state index in [1.807, 2.05) is 18.2 Å². The molecule has 0 aromatic heterocycles. The highest BCUT2D eigenvalue weighted by Gasteiger charge is 2.22. The molecule has 1 N–H and O–H groups in total. The summed E-state index contributed by atoms with van der Waals surface area (Å²) in [4.78, 5) is 12.2. The number of carbonyl (C=O) groups is 1. The van der Waals surface area contributed by atoms with E-state index in [2.05, 4.69) is 5.32 Å². The van der Waals surface area contributed by atoms with Crippen molar-refractivity contribution in [2.75, 3.05) is 20.3 Å². The zero-order valence-corrected chi connectivity index (χ0v) is 17.8. The minimum atomic E-state index is -0.239. The van der Waals surface area contributed by atoms with E-state index in [0.29, 0.717) is 48.7 Å². The van der Waals surface area contributed by atoms with Gasteiger partial charge in [-0.05, 0) is 35.9 Å². The van der Waals surface area contributed by atoms with Crippen molar-refractivity contribution in [2.24, 2.45) is 0 Å². The van der Waals surface area contributed by atoms with Crippen LogP contribution < -0.4 is 19.5 Å². The molecule has 2 aromatic rings. The van der Waals surface area contributed by atoms with Crippen LogP contribution in [0.2, 0.25) is 10.0 Å². The van der Waals surface area contributed by atoms with Gasteiger partial charge in [-0.2, -0.15) is 0 Å². The maximum atomic E-state index is 11.8. The second-order valence-corrected chi connectivity index (χ2v) is 8.08. The Morgan fingerprint density at radius 2 is 1.79 bits per heavy atom. The highest BCUT2D eigenvalue weighted by atomic mass is 35.5. The molecule has 1 heterocycles. The first kappa shape index (κ1) is 20.8. The number of carbonyl (C=O) groups excluding carboxylic acids is 1. The van der Waals surface area contributed by atoms with E-state index < -0.39 is 0 Å². The number of hydrogen-bond donors (Lipinski definition) is 1. The van der Waals surface area contributed by atoms with Crippen molar-refractivity contribution >= 4 is 63.5 Å². The van der Waals surface area contributed by atoms with Gasteiger partial charge in [0.05, 0.1) is 22.1 Å². The van der Waals surface area contributed by atoms with Crippen LogP contribution in [0.25, 0.3) is 6.08 Å². The average molecular weight is 456 g/mol. The van der Waals surface area contributed by atoms with E-state index in [4.69, 9.17) is 49.6 Å². The Morgan fingerprint density at radius 1 is 1.11 bits per heavy atom. The van der Waals surface area contributed by atoms with Crippen LogP contribution in [-0.2, 0) is 4.79 Å². The number of nitrogens with one attached hydrogen (secondary N) is 1. The lowest BCUT2D eigenvalue weighted by Crippen LogP contribution is -2.17. The summed E-state index contributed by atoms with van der Waals surface area (Å²) in [5.74, 6) is 1.51. The summed E-state index contributed by atoms with van der Waals surface area (Å²) in [6.45, 7) is 0.559. The molecule has 146 valence electrons. The van der Waals surface area contributed by atoms with Gasteiger partial charge in [0.2, 0.25) is 0 Å². The van der Waals surface area contributed by atoms with Crippen molar-refractivity contribution in [1.82, 2.24) is 5.32 Å². The number of amides is 1. The Bertz CT molecular complexity index is 926. The third-order valence-corrected chi connectivity index (χ3v) is 5.32. The van der Waals surface area contributed by atoms with Crippen LogP contribution in [0.1, 0.15) is 5.56 Å². The molecular formula is C19H15Cl2NO4S2. The summed E-state index contributed by atoms with van der Waals surface area (Å²) in [7, 11) is 1.60. The van der Waals surface area contributed by atoms with Gasteiger partial charge < -0.3 is 19.5 Å². The number of thiocarbonyl (C=S) groups is 1. The van der Waals surface area contributed by atoms with E-state index >= 15 is 0 Å². The van der Waals surface area contributed by atoms with Crippen LogP contribution in [0.3, 0.4) is 0 Å². The fraction of sp³-hybridized carbons (Fsp3) is 0.158. The van der Waals surface area contributed by atoms with Crippen LogP contribution >= 0.6 is 47.2 Å². The molecule has 0 spiro atoms. The van der Waals surface area contributed by atoms with Gasteiger partial charge in [-0.3, -0.25) is 4.79 Å². The zero-order valence-electron chi connectivity index (χ0n) is 14.7. The molecule has 28 heavy (non-hydrogen) atoms. The van der Waals surface area contributed by atoms with Gasteiger partial charge in [0, 0.05) is 6.07 Å². The van der Waals surface area contributed by atoms with Crippen LogP contribution in [0.15, 0.2) is 41.3 Å². The molecule has 0 aliphatic carbocycles. The molecule has 1 amide bonds. The molecule has 1 aliphatic rings. The first-order valence-electron chi connectivity index (χ1n) is 8.10. The predicted molar refractivity (Wildman–Crippen MR) is 117 cm³/mol. The molecule has 5 nitrogen and oxygen atoms in total. The van der Waals surface area contributed by atoms with Gasteiger partial charge >= 0.3 is 0 Å². The van der Waals surface area contributed by atoms with Crippen LogP contribution in [0, 0.1) is 0 Å². The zero-order chi connectivity index (χ0) is 20.1. The number of methoxy groups -OCH3 is 1. The first-order valence-corrected chi connectivity index (χ1v) is 10.1. The normalized spacial score (nSPS) is 14.9. The fourth-order valence-corrected chi connectivity index (χ4v) is 4.02. The van der Waals surface area contributed by atoms with Crippen molar-refractivity contribution in [3.05, 3.63) is 56.9 Å². The van der Waals surface area contributed by atoms with Crippen molar-refractivity contribution in [3.63, 3.8) is 0 Å². The fourth-order valence-electron chi connectivity index (χ4n) is 2.37. The molecule has 3 rings (SSSR count). The van der Waals surface area contributed by atoms with Crippen molar-refractivity contribution in [1.29, 1.82) is 0 Å². The first-order chi connectivity index (χ1) is 13.5. The second kappa shape index (κ2) is 9.52. The third-order valence-electron chi connectivity index (χ3n) is 3.60. The maximum Gasteiger partial charge on any atom is 0.263 e. The molecule has 9 heteroatoms. The molecule has 0 unspecified atom stereocenters. The standard InChI is InChI=1S/C19H15Cl2NO4S2/c1-24-12-3-2-4-13(10-12)25-5-6-26-17-14(20)7-11(8-15(17)21)9-16-18(23)22-19(27)28-16/h2-4,7-10H,5-6H2,1H3,(H,22,23,27)/b16-9+. The number of rotatable bonds is 7. The monoisotopic (exact) mass is 455 g/mol. The van der Waals surface area contributed by atoms with Gasteiger partial charge in [0.15, 0.2) is 5.75 Å². The highest BCUT2D eigenvalue weighted by molar-refractivity contribution is 8.26. The molecule has 0 saturated carbocycles. The molecule has 1 fully saturated rings. The topological polar surface area (TPSA) is 56.8 Å². The Labute approximate surface area is 181 Å². The lowest BCUT2D eigenvalue weighted by Gasteiger charge is -2.12. The predicted octanol–water partition coefficient (Wildman–Crippen LogP) is 4.95. The van der Waals surface area contributed by atoms with E-state index in [9.17, 15) is 4.79 Å². The minimum Gasteiger partial charge on any atom is -0.497 e. The van der Waals surface area contributed by atoms with E-state index in [1.165, 1.54) is 11.8 Å². The number of hydrogen-bond acceptors (Lipinski definition) is 6. The Morgan fingerprint density at radius 3 is 2.43 bits per heavy atom. The Balaban J connectivity index is 1.61. The number of halogens is 2. The third kappa shape index (κ3) is 5.32. The van der Waals surface area contributed by atoms with E-state index in [1.54, 1.807) is 31.4 Å². The summed E-state index contributed by atoms with van der Waals surface area (Å²) in [6.07, 6.45) is 1.67. The van der Waals surface area contributed by atoms with Crippen molar-refractivity contribution < 1.29 is 19.0 Å². The summed E-state index contributed by atoms with van der Waals surface area (Å²) in [5, 5.41) is 3.24. The highest BCUT2D eigenvalue weighted by Crippen LogP contribution is 2.36. The second-order valence-electron chi connectivity index (χ2n) is 5.54. The van der Waals surface area contributed by atoms with E-state index in [-0.39, 0.29) is 12.5 Å². The van der Waals surface area contributed by atoms with Gasteiger partial charge in [-0.25, -0.2) is 0 Å². The van der Waals surface area contributed by atoms with E-state index in [0.717, 1.165) is 0 Å². The largest absolute Gasteiger partial charge is 0.497 e. The number of ether oxygens (including phenoxy) is 3. The van der Waals surface area contributed by atoms with Crippen molar-refractivity contribution in [2.45, 2.75) is 0 Å². The molecule has 0 radical (unpaired) electrons. The summed E-state index contributed by atoms with van der Waals surface area (Å²) in [5.41, 5.74) is 0.678. The lowest BCUT2D eigenvalue weighted by atomic mass is 10.2. The van der Waals surface area contributed by atoms with Gasteiger partial charge in [-0.15, -0.1) is 0 Å². The van der Waals surface area contributed by atoms with Gasteiger partial charge in [0.25, 0.3) is 5.91 Å². The average Bonchev–Trinajstić information content (AvgIpc) is 2.97. The smallest absolute Gasteiger partial charge is 0.263 e. The van der Waals surface area contributed by atoms with Crippen molar-refractivity contribution in [3.8, 4) is 17.2 Å². The summed E-state index contributed by atoms with van der Waals surface area (Å²) in [6, 6.07) is 10.6. The van der Waals surface area contributed by atoms with Gasteiger partial charge in [0.1, 0.15) is 29.0 Å². The molecule has 2 aromatic carbocycles. The van der Waals surface area contributed by atoms with Crippen LogP contribution in [-0.4, -0.2) is 30.6 Å². The van der Waals surface area contributed by atoms with Crippen LogP contribution in [0.5, 0.6) is 17.2 Å². The molecular weight excluding hydrogens is 441 g/mol. The molecule has 0 bridgehead atoms. The molecule has 1 saturated heterocycles.